The zero-order valence-corrected chi connectivity index (χ0v) is 84.0. The van der Waals surface area contributed by atoms with Crippen molar-refractivity contribution in [3.63, 3.8) is 0 Å². The number of aliphatic hydroxyl groups excluding tert-OH is 6. The first-order chi connectivity index (χ1) is 63.5. The lowest BCUT2D eigenvalue weighted by molar-refractivity contribution is -0.138. The maximum Gasteiger partial charge on any atom is 0.303 e. The summed E-state index contributed by atoms with van der Waals surface area (Å²) in [5.74, 6) is -5.89. The van der Waals surface area contributed by atoms with Crippen LogP contribution >= 0.6 is 0 Å². The number of rotatable bonds is 71. The Morgan fingerprint density at radius 2 is 0.769 bits per heavy atom. The van der Waals surface area contributed by atoms with Crippen LogP contribution in [-0.4, -0.2) is 208 Å². The number of aliphatic carboxylic acids is 5. The predicted octanol–water partition coefficient (Wildman–Crippen LogP) is 17.8. The molecule has 0 saturated carbocycles. The molecule has 134 heavy (non-hydrogen) atoms. The summed E-state index contributed by atoms with van der Waals surface area (Å²) in [4.78, 5) is 128. The van der Waals surface area contributed by atoms with Gasteiger partial charge in [-0.1, -0.05) is 252 Å². The fraction of sp³-hybridized carbons (Fsp3) is 0.657. The van der Waals surface area contributed by atoms with Crippen LogP contribution in [0.15, 0.2) is 133 Å². The fourth-order valence-electron chi connectivity index (χ4n) is 14.3. The van der Waals surface area contributed by atoms with Gasteiger partial charge in [-0.15, -0.1) is 0 Å². The summed E-state index contributed by atoms with van der Waals surface area (Å²) < 4.78 is 2.11. The molecule has 0 aromatic carbocycles. The molecule has 13 atom stereocenters. The molecule has 1 aliphatic rings. The second kappa shape index (κ2) is 91.9. The fourth-order valence-corrected chi connectivity index (χ4v) is 14.3. The van der Waals surface area contributed by atoms with Crippen LogP contribution in [0, 0.1) is 52.4 Å². The van der Waals surface area contributed by atoms with Crippen molar-refractivity contribution in [2.24, 2.45) is 48.3 Å². The van der Waals surface area contributed by atoms with Crippen LogP contribution in [0.4, 0.5) is 0 Å². The van der Waals surface area contributed by atoms with Crippen LogP contribution in [-0.2, 0) is 61.4 Å². The van der Waals surface area contributed by atoms with E-state index in [4.69, 9.17) is 35.5 Å². The first-order valence-corrected chi connectivity index (χ1v) is 48.5. The Hall–Kier alpha value is -8.88. The Bertz CT molecular complexity index is 3610. The van der Waals surface area contributed by atoms with Crippen molar-refractivity contribution in [2.75, 3.05) is 34.7 Å². The number of aldehydes is 1. The van der Waals surface area contributed by atoms with E-state index in [1.165, 1.54) is 32.2 Å². The van der Waals surface area contributed by atoms with E-state index in [1.807, 2.05) is 93.9 Å². The maximum atomic E-state index is 12.5. The SMILES string of the molecule is CCCCCC(O)/C=C/C(C(O)NC)C(C/C=C\CCCC(=O)O)C(C)=O.CCCCCC(O)/C=C/C(C=O)C(C/C=C\CCCC(=O)O)C(C)=O.CCCCCC(O)/C=C/C(CNC)C(C/C=C\CCCC(=O)O)C(C)=O.CCCCCC(O)/C=C/C1=C(C/C=C\CCCC(=O)O)C(C)N(C)C1=O.CCCCCC(O)/C=C/c1cn(C)c(C)c1C/C=C\CCCC(=O)O.CN.O.O=O. The molecule has 0 radical (unpaired) electrons. The van der Waals surface area contributed by atoms with Gasteiger partial charge in [0.25, 0.3) is 5.91 Å². The molecule has 768 valence electrons. The van der Waals surface area contributed by atoms with Gasteiger partial charge in [0.15, 0.2) is 0 Å². The minimum absolute atomic E-state index is 0. The molecular formula is C105H179N5O24. The third-order valence-corrected chi connectivity index (χ3v) is 22.6. The van der Waals surface area contributed by atoms with E-state index in [1.54, 1.807) is 62.4 Å². The van der Waals surface area contributed by atoms with Gasteiger partial charge in [0.1, 0.15) is 29.9 Å². The number of likely N-dealkylation sites (N-methyl/N-ethyl adjacent to an activating group) is 1. The van der Waals surface area contributed by atoms with Gasteiger partial charge in [0.2, 0.25) is 0 Å². The molecule has 13 unspecified atom stereocenters. The van der Waals surface area contributed by atoms with Crippen LogP contribution in [0.1, 0.15) is 330 Å². The summed E-state index contributed by atoms with van der Waals surface area (Å²) in [6.07, 6.45) is 66.8. The number of nitrogens with two attached hydrogens (primary N) is 1. The quantitative estimate of drug-likeness (QED) is 0.0125. The molecule has 2 heterocycles. The number of hydrogen-bond donors (Lipinski definition) is 14. The van der Waals surface area contributed by atoms with Gasteiger partial charge in [-0.05, 0) is 207 Å². The monoisotopic (exact) mass is 1890 g/mol. The van der Waals surface area contributed by atoms with Crippen molar-refractivity contribution in [2.45, 2.75) is 369 Å². The molecule has 1 aromatic rings. The Morgan fingerprint density at radius 3 is 1.11 bits per heavy atom. The zero-order chi connectivity index (χ0) is 102. The Kier molecular flexibility index (Phi) is 93.1. The lowest BCUT2D eigenvalue weighted by atomic mass is 9.84. The number of Topliss-reactive ketones (excluding diaryl/α,β-unsaturated/α-hetero) is 3. The van der Waals surface area contributed by atoms with E-state index < -0.39 is 84.2 Å². The average Bonchev–Trinajstić information content (AvgIpc) is 1.66. The van der Waals surface area contributed by atoms with Gasteiger partial charge in [-0.3, -0.25) is 48.5 Å². The normalized spacial score (nSPS) is 15.4. The number of nitrogens with one attached hydrogen (secondary N) is 2. The van der Waals surface area contributed by atoms with Crippen molar-refractivity contribution in [1.82, 2.24) is 20.1 Å². The number of aliphatic hydroxyl groups is 6. The van der Waals surface area contributed by atoms with Crippen molar-refractivity contribution in [3.05, 3.63) is 160 Å². The molecule has 1 aliphatic heterocycles. The van der Waals surface area contributed by atoms with Crippen LogP contribution in [0.5, 0.6) is 0 Å². The Morgan fingerprint density at radius 1 is 0.440 bits per heavy atom. The van der Waals surface area contributed by atoms with Crippen molar-refractivity contribution >= 4 is 65.5 Å². The molecule has 0 fully saturated rings. The van der Waals surface area contributed by atoms with Crippen molar-refractivity contribution in [1.29, 1.82) is 0 Å². The standard InChI is InChI=1S/C21H37NO5.C21H33NO4.C21H37NO4.C21H33NO3.C20H32O5.CH5N.O2.H2O/c1-4-5-8-11-17(24)14-15-19(21(27)22-3)18(16(2)23)12-9-6-7-10-13-20(25)26;1-4-5-8-11-17(23)14-15-19-18(16(2)22(3)21(19)26)12-9-6-7-10-13-20(24)25;1-4-5-8-11-19(24)15-14-18(16-22-3)20(17(2)23)12-9-6-7-10-13-21(25)26;1-4-5-8-11-19(23)15-14-18-16-22(3)17(2)20(18)12-9-6-7-10-13-21(24)25;1-3-4-7-10-18(23)14-13-17(15-21)19(16(2)22)11-8-5-6-9-12-20(24)25;2*1-2;/h6,9,14-15,17-19,21-22,24,27H,4-5,7-8,10-13H2,1-3H3,(H,25,26);6,9,14-17,23H,4-5,7-8,10-13H2,1-3H3,(H,24,25);6,9,14-15,18-20,22,24H,4-5,7-8,10-13,16H2,1-3H3,(H,25,26);6,9,14-16,19,23H,4-5,7-8,10-13H2,1-3H3,(H,24,25);5,8,13-15,17-19,23H,3-4,6-7,9-12H2,1-2H3,(H,24,25);2H2,1H3;;1H2/b4*9-6-,15-14+;8-5-,14-13+;;;. The van der Waals surface area contributed by atoms with Crippen LogP contribution < -0.4 is 16.4 Å². The van der Waals surface area contributed by atoms with E-state index in [9.17, 15) is 78.6 Å². The summed E-state index contributed by atoms with van der Waals surface area (Å²) in [6.45, 7) is 20.0. The van der Waals surface area contributed by atoms with Gasteiger partial charge in [0.05, 0.1) is 36.6 Å². The highest BCUT2D eigenvalue weighted by Gasteiger charge is 2.33. The van der Waals surface area contributed by atoms with Crippen LogP contribution in [0.3, 0.4) is 0 Å². The lowest BCUT2D eigenvalue weighted by Gasteiger charge is -2.26. The lowest BCUT2D eigenvalue weighted by Crippen LogP contribution is -2.38. The summed E-state index contributed by atoms with van der Waals surface area (Å²) in [5.41, 5.74) is 9.84. The molecule has 0 spiro atoms. The number of carboxylic acid groups (broad SMARTS) is 5. The third kappa shape index (κ3) is 74.4. The first-order valence-electron chi connectivity index (χ1n) is 48.5. The number of amides is 1. The number of allylic oxidation sites excluding steroid dienone is 11. The molecular weight excluding hydrogens is 1720 g/mol. The summed E-state index contributed by atoms with van der Waals surface area (Å²) in [5, 5.41) is 110. The van der Waals surface area contributed by atoms with Gasteiger partial charge in [0, 0.05) is 110 Å². The number of carbonyl (C=O) groups is 10. The van der Waals surface area contributed by atoms with E-state index in [0.29, 0.717) is 102 Å². The number of aromatic nitrogens is 1. The number of hydrogen-bond acceptors (Lipinski definition) is 21. The highest BCUT2D eigenvalue weighted by Crippen LogP contribution is 2.30. The van der Waals surface area contributed by atoms with Gasteiger partial charge >= 0.3 is 29.8 Å². The molecule has 1 aromatic heterocycles. The molecule has 2 rings (SSSR count). The average molecular weight is 1900 g/mol. The number of ketones is 3. The molecule has 1 amide bonds. The Balaban J connectivity index is -0.000000378. The van der Waals surface area contributed by atoms with Gasteiger partial charge in [-0.2, -0.15) is 0 Å². The topological polar surface area (TPSA) is 517 Å². The van der Waals surface area contributed by atoms with Gasteiger partial charge < -0.3 is 87.0 Å². The predicted molar refractivity (Wildman–Crippen MR) is 540 cm³/mol. The second-order valence-electron chi connectivity index (χ2n) is 33.8. The number of unbranched alkanes of at least 4 members (excludes halogenated alkanes) is 15. The molecule has 29 nitrogen and oxygen atoms in total. The molecule has 29 heteroatoms. The van der Waals surface area contributed by atoms with Crippen molar-refractivity contribution in [3.8, 4) is 0 Å². The third-order valence-electron chi connectivity index (χ3n) is 22.6. The summed E-state index contributed by atoms with van der Waals surface area (Å²) in [6, 6.07) is 0.0306. The number of nitrogens with zero attached hydrogens (tertiary/aromatic N) is 2. The minimum atomic E-state index is -0.890. The molecule has 0 bridgehead atoms. The van der Waals surface area contributed by atoms with E-state index in [2.05, 4.69) is 80.8 Å². The van der Waals surface area contributed by atoms with E-state index in [-0.39, 0.29) is 84.8 Å². The van der Waals surface area contributed by atoms with E-state index in [0.717, 1.165) is 152 Å². The smallest absolute Gasteiger partial charge is 0.303 e. The number of carboxylic acids is 5. The summed E-state index contributed by atoms with van der Waals surface area (Å²) >= 11 is 0. The molecule has 17 N–H and O–H groups in total. The Labute approximate surface area is 802 Å². The minimum Gasteiger partial charge on any atom is -0.481 e. The van der Waals surface area contributed by atoms with Gasteiger partial charge in [-0.25, -0.2) is 0 Å². The molecule has 0 saturated heterocycles. The summed E-state index contributed by atoms with van der Waals surface area (Å²) in [7, 11) is 8.81. The second-order valence-corrected chi connectivity index (χ2v) is 33.8. The zero-order valence-electron chi connectivity index (χ0n) is 84.0. The van der Waals surface area contributed by atoms with Crippen molar-refractivity contribution < 1.29 is 110 Å². The maximum absolute atomic E-state index is 12.5. The van der Waals surface area contributed by atoms with E-state index >= 15 is 0 Å². The largest absolute Gasteiger partial charge is 0.481 e. The highest BCUT2D eigenvalue weighted by molar-refractivity contribution is 6.00. The number of aryl methyl sites for hydroxylation is 1. The highest BCUT2D eigenvalue weighted by atomic mass is 16.7. The molecule has 0 aliphatic carbocycles. The van der Waals surface area contributed by atoms with Crippen LogP contribution in [0.25, 0.3) is 6.08 Å². The number of carbonyl (C=O) groups excluding carboxylic acids is 5. The first kappa shape index (κ1) is 136. The van der Waals surface area contributed by atoms with Crippen LogP contribution in [0.2, 0.25) is 0 Å².